The summed E-state index contributed by atoms with van der Waals surface area (Å²) in [4.78, 5) is 9.37. The van der Waals surface area contributed by atoms with Gasteiger partial charge in [0.25, 0.3) is 0 Å². The van der Waals surface area contributed by atoms with Crippen LogP contribution in [0.15, 0.2) is 0 Å². The zero-order valence-corrected chi connectivity index (χ0v) is 5.77. The summed E-state index contributed by atoms with van der Waals surface area (Å²) in [6.45, 7) is 3.88. The molecule has 0 aliphatic rings. The third-order valence-corrected chi connectivity index (χ3v) is 1.54. The van der Waals surface area contributed by atoms with E-state index in [0.29, 0.717) is 5.25 Å². The van der Waals surface area contributed by atoms with Crippen LogP contribution < -0.4 is 0 Å². The lowest BCUT2D eigenvalue weighted by Gasteiger charge is -1.95. The largest absolute Gasteiger partial charge is 0.264 e. The van der Waals surface area contributed by atoms with Crippen molar-refractivity contribution in [2.24, 2.45) is 0 Å². The van der Waals surface area contributed by atoms with E-state index in [0.717, 1.165) is 0 Å². The molecule has 0 N–H and O–H groups in total. The SMILES string of the molecule is CC(C)SC[N+](=O)[O-]. The molecule has 0 atom stereocenters. The maximum absolute atomic E-state index is 9.69. The molecule has 3 nitrogen and oxygen atoms in total. The van der Waals surface area contributed by atoms with Crippen LogP contribution in [-0.2, 0) is 0 Å². The van der Waals surface area contributed by atoms with Gasteiger partial charge in [-0.3, -0.25) is 10.1 Å². The molecule has 0 spiro atoms. The van der Waals surface area contributed by atoms with Gasteiger partial charge < -0.3 is 0 Å². The van der Waals surface area contributed by atoms with Gasteiger partial charge in [0.15, 0.2) is 0 Å². The summed E-state index contributed by atoms with van der Waals surface area (Å²) in [5, 5.41) is 10.0. The number of hydrogen-bond donors (Lipinski definition) is 0. The second kappa shape index (κ2) is 3.72. The molecule has 0 aliphatic carbocycles. The molecule has 0 aromatic carbocycles. The Hall–Kier alpha value is -0.250. The average Bonchev–Trinajstić information content (AvgIpc) is 1.61. The molecule has 0 amide bonds. The van der Waals surface area contributed by atoms with Gasteiger partial charge in [0, 0.05) is 10.2 Å². The second-order valence-electron chi connectivity index (χ2n) is 1.68. The molecular weight excluding hydrogens is 126 g/mol. The van der Waals surface area contributed by atoms with Gasteiger partial charge in [-0.2, -0.15) is 0 Å². The van der Waals surface area contributed by atoms with Crippen LogP contribution in [0.3, 0.4) is 0 Å². The van der Waals surface area contributed by atoms with E-state index in [2.05, 4.69) is 0 Å². The van der Waals surface area contributed by atoms with Gasteiger partial charge in [0.2, 0.25) is 5.88 Å². The van der Waals surface area contributed by atoms with Gasteiger partial charge in [-0.25, -0.2) is 0 Å². The Labute approximate surface area is 52.6 Å². The van der Waals surface area contributed by atoms with Gasteiger partial charge in [0.05, 0.1) is 0 Å². The van der Waals surface area contributed by atoms with Crippen molar-refractivity contribution in [2.75, 3.05) is 5.88 Å². The van der Waals surface area contributed by atoms with Gasteiger partial charge in [-0.05, 0) is 0 Å². The summed E-state index contributed by atoms with van der Waals surface area (Å²) in [6.07, 6.45) is 0. The second-order valence-corrected chi connectivity index (χ2v) is 3.21. The Balaban J connectivity index is 3.05. The fourth-order valence-electron chi connectivity index (χ4n) is 0.210. The van der Waals surface area contributed by atoms with E-state index < -0.39 is 0 Å². The molecule has 0 saturated heterocycles. The topological polar surface area (TPSA) is 43.1 Å². The number of rotatable bonds is 3. The molecule has 0 fully saturated rings. The van der Waals surface area contributed by atoms with Gasteiger partial charge in [-0.1, -0.05) is 25.6 Å². The Morgan fingerprint density at radius 1 is 1.75 bits per heavy atom. The monoisotopic (exact) mass is 135 g/mol. The standard InChI is InChI=1S/C4H9NO2S/c1-4(2)8-3-5(6)7/h4H,3H2,1-2H3. The lowest BCUT2D eigenvalue weighted by molar-refractivity contribution is -0.456. The number of hydrogen-bond acceptors (Lipinski definition) is 3. The van der Waals surface area contributed by atoms with E-state index in [1.165, 1.54) is 11.8 Å². The van der Waals surface area contributed by atoms with Crippen LogP contribution in [0.25, 0.3) is 0 Å². The van der Waals surface area contributed by atoms with E-state index in [-0.39, 0.29) is 10.8 Å². The Morgan fingerprint density at radius 3 is 2.38 bits per heavy atom. The molecule has 0 heterocycles. The highest BCUT2D eigenvalue weighted by Crippen LogP contribution is 2.07. The van der Waals surface area contributed by atoms with E-state index in [1.807, 2.05) is 13.8 Å². The Kier molecular flexibility index (Phi) is 3.60. The highest BCUT2D eigenvalue weighted by atomic mass is 32.2. The molecule has 0 rings (SSSR count). The van der Waals surface area contributed by atoms with E-state index >= 15 is 0 Å². The van der Waals surface area contributed by atoms with Crippen molar-refractivity contribution in [1.82, 2.24) is 0 Å². The van der Waals surface area contributed by atoms with Crippen LogP contribution >= 0.6 is 11.8 Å². The highest BCUT2D eigenvalue weighted by Gasteiger charge is 1.98. The zero-order valence-electron chi connectivity index (χ0n) is 4.96. The van der Waals surface area contributed by atoms with Crippen molar-refractivity contribution in [2.45, 2.75) is 19.1 Å². The first-order valence-electron chi connectivity index (χ1n) is 2.36. The maximum Gasteiger partial charge on any atom is 0.249 e. The van der Waals surface area contributed by atoms with Crippen molar-refractivity contribution in [3.05, 3.63) is 10.1 Å². The van der Waals surface area contributed by atoms with Crippen molar-refractivity contribution >= 4 is 11.8 Å². The summed E-state index contributed by atoms with van der Waals surface area (Å²) >= 11 is 1.34. The predicted molar refractivity (Wildman–Crippen MR) is 34.6 cm³/mol. The fraction of sp³-hybridized carbons (Fsp3) is 1.00. The first kappa shape index (κ1) is 7.75. The van der Waals surface area contributed by atoms with Crippen LogP contribution in [-0.4, -0.2) is 16.1 Å². The van der Waals surface area contributed by atoms with Crippen LogP contribution in [0.5, 0.6) is 0 Å². The first-order valence-corrected chi connectivity index (χ1v) is 3.41. The number of nitro groups is 1. The minimum Gasteiger partial charge on any atom is -0.264 e. The minimum atomic E-state index is -0.315. The Bertz CT molecular complexity index is 84.1. The molecule has 0 aromatic rings. The summed E-state index contributed by atoms with van der Waals surface area (Å²) in [5.74, 6) is 0.0255. The fourth-order valence-corrected chi connectivity index (χ4v) is 0.630. The van der Waals surface area contributed by atoms with Gasteiger partial charge in [0.1, 0.15) is 0 Å². The summed E-state index contributed by atoms with van der Waals surface area (Å²) < 4.78 is 0. The van der Waals surface area contributed by atoms with E-state index in [1.54, 1.807) is 0 Å². The molecule has 4 heteroatoms. The van der Waals surface area contributed by atoms with Crippen molar-refractivity contribution in [1.29, 1.82) is 0 Å². The maximum atomic E-state index is 9.69. The summed E-state index contributed by atoms with van der Waals surface area (Å²) in [5.41, 5.74) is 0. The zero-order chi connectivity index (χ0) is 6.57. The molecule has 0 bridgehead atoms. The van der Waals surface area contributed by atoms with Crippen molar-refractivity contribution in [3.63, 3.8) is 0 Å². The van der Waals surface area contributed by atoms with Crippen LogP contribution in [0, 0.1) is 10.1 Å². The number of nitrogens with zero attached hydrogens (tertiary/aromatic N) is 1. The third-order valence-electron chi connectivity index (χ3n) is 0.513. The van der Waals surface area contributed by atoms with Crippen LogP contribution in [0.4, 0.5) is 0 Å². The molecule has 48 valence electrons. The molecule has 0 unspecified atom stereocenters. The molecule has 8 heavy (non-hydrogen) atoms. The first-order chi connectivity index (χ1) is 3.63. The highest BCUT2D eigenvalue weighted by molar-refractivity contribution is 7.99. The normalized spacial score (nSPS) is 9.88. The van der Waals surface area contributed by atoms with E-state index in [9.17, 15) is 10.1 Å². The van der Waals surface area contributed by atoms with E-state index in [4.69, 9.17) is 0 Å². The van der Waals surface area contributed by atoms with Crippen molar-refractivity contribution in [3.8, 4) is 0 Å². The Morgan fingerprint density at radius 2 is 2.25 bits per heavy atom. The molecule has 0 saturated carbocycles. The van der Waals surface area contributed by atoms with Crippen molar-refractivity contribution < 1.29 is 4.92 Å². The summed E-state index contributed by atoms with van der Waals surface area (Å²) in [7, 11) is 0. The lowest BCUT2D eigenvalue weighted by atomic mass is 10.6. The minimum absolute atomic E-state index is 0.0255. The van der Waals surface area contributed by atoms with Crippen LogP contribution in [0.2, 0.25) is 0 Å². The third kappa shape index (κ3) is 5.75. The molecule has 0 aliphatic heterocycles. The average molecular weight is 135 g/mol. The molecule has 0 radical (unpaired) electrons. The molecular formula is C4H9NO2S. The number of thioether (sulfide) groups is 1. The predicted octanol–water partition coefficient (Wildman–Crippen LogP) is 1.36. The quantitative estimate of drug-likeness (QED) is 0.333. The summed E-state index contributed by atoms with van der Waals surface area (Å²) in [6, 6.07) is 0. The van der Waals surface area contributed by atoms with Crippen LogP contribution in [0.1, 0.15) is 13.8 Å². The van der Waals surface area contributed by atoms with Gasteiger partial charge in [-0.15, -0.1) is 0 Å². The molecule has 0 aromatic heterocycles. The smallest absolute Gasteiger partial charge is 0.249 e. The lowest BCUT2D eigenvalue weighted by Crippen LogP contribution is -1.99. The van der Waals surface area contributed by atoms with Gasteiger partial charge >= 0.3 is 0 Å².